The minimum absolute atomic E-state index is 0.224. The number of anilines is 1. The number of benzene rings is 2. The quantitative estimate of drug-likeness (QED) is 0.430. The molecule has 1 N–H and O–H groups in total. The second kappa shape index (κ2) is 8.38. The number of nitrogens with one attached hydrogen (secondary N) is 1. The average Bonchev–Trinajstić information content (AvgIpc) is 2.90. The highest BCUT2D eigenvalue weighted by Crippen LogP contribution is 2.38. The summed E-state index contributed by atoms with van der Waals surface area (Å²) in [5, 5.41) is 12.2. The molecule has 1 aliphatic heterocycles. The second-order valence-electron chi connectivity index (χ2n) is 6.11. The lowest BCUT2D eigenvalue weighted by Gasteiger charge is -2.18. The van der Waals surface area contributed by atoms with E-state index in [9.17, 15) is 4.79 Å². The highest BCUT2D eigenvalue weighted by Gasteiger charge is 2.30. The number of carbonyl (C=O) groups excluding carboxylic acids is 1. The first-order valence-electron chi connectivity index (χ1n) is 8.88. The van der Waals surface area contributed by atoms with Crippen molar-refractivity contribution in [1.82, 2.24) is 15.2 Å². The smallest absolute Gasteiger partial charge is 0.247 e. The molecule has 0 saturated carbocycles. The van der Waals surface area contributed by atoms with Crippen molar-refractivity contribution >= 4 is 39.2 Å². The van der Waals surface area contributed by atoms with Gasteiger partial charge in [0.25, 0.3) is 0 Å². The molecule has 9 heteroatoms. The third-order valence-electron chi connectivity index (χ3n) is 4.27. The maximum Gasteiger partial charge on any atom is 0.247 e. The maximum atomic E-state index is 13.1. The lowest BCUT2D eigenvalue weighted by Crippen LogP contribution is -2.35. The summed E-state index contributed by atoms with van der Waals surface area (Å²) in [5.74, 6) is 1.52. The van der Waals surface area contributed by atoms with E-state index in [-0.39, 0.29) is 11.7 Å². The second-order valence-corrected chi connectivity index (χ2v) is 8.25. The first kappa shape index (κ1) is 19.7. The van der Waals surface area contributed by atoms with Gasteiger partial charge >= 0.3 is 0 Å². The number of ether oxygens (including phenoxy) is 2. The molecule has 1 unspecified atom stereocenters. The van der Waals surface area contributed by atoms with Gasteiger partial charge in [-0.3, -0.25) is 4.79 Å². The molecule has 0 radical (unpaired) electrons. The van der Waals surface area contributed by atoms with E-state index in [1.54, 1.807) is 31.4 Å². The first-order valence-corrected chi connectivity index (χ1v) is 10.7. The van der Waals surface area contributed by atoms with Crippen LogP contribution in [0, 0.1) is 0 Å². The fraction of sp³-hybridized carbons (Fsp3) is 0.200. The zero-order chi connectivity index (χ0) is 20.4. The summed E-state index contributed by atoms with van der Waals surface area (Å²) >= 11 is 4.94. The molecule has 2 aromatic carbocycles. The molecule has 0 bridgehead atoms. The minimum Gasteiger partial charge on any atom is -0.497 e. The van der Waals surface area contributed by atoms with Crippen LogP contribution in [0.1, 0.15) is 17.3 Å². The zero-order valence-corrected chi connectivity index (χ0v) is 18.1. The van der Waals surface area contributed by atoms with Gasteiger partial charge in [-0.2, -0.15) is 4.98 Å². The molecule has 1 atom stereocenters. The van der Waals surface area contributed by atoms with Crippen molar-refractivity contribution in [3.63, 3.8) is 0 Å². The maximum absolute atomic E-state index is 13.1. The molecular formula is C20H17BrN4O3S. The molecule has 0 spiro atoms. The molecule has 7 nitrogen and oxygen atoms in total. The van der Waals surface area contributed by atoms with Gasteiger partial charge in [0, 0.05) is 21.3 Å². The number of rotatable bonds is 5. The van der Waals surface area contributed by atoms with Gasteiger partial charge in [-0.05, 0) is 48.2 Å². The van der Waals surface area contributed by atoms with Crippen molar-refractivity contribution in [3.8, 4) is 22.9 Å². The lowest BCUT2D eigenvalue weighted by atomic mass is 10.1. The minimum atomic E-state index is -0.958. The van der Waals surface area contributed by atoms with Crippen molar-refractivity contribution in [2.75, 3.05) is 18.2 Å². The van der Waals surface area contributed by atoms with E-state index in [2.05, 4.69) is 36.4 Å². The first-order chi connectivity index (χ1) is 14.1. The summed E-state index contributed by atoms with van der Waals surface area (Å²) in [4.78, 5) is 17.6. The van der Waals surface area contributed by atoms with E-state index in [0.717, 1.165) is 15.8 Å². The third kappa shape index (κ3) is 4.06. The number of aromatic nitrogens is 3. The SMILES string of the molecule is CCSc1nnc2c(n1)OC(C(=O)c1ccc(OC)cc1)Nc1ccc(Br)cc1-2. The molecule has 0 saturated heterocycles. The number of halogens is 1. The van der Waals surface area contributed by atoms with E-state index in [4.69, 9.17) is 9.47 Å². The Bertz CT molecular complexity index is 1060. The monoisotopic (exact) mass is 472 g/mol. The molecule has 0 fully saturated rings. The van der Waals surface area contributed by atoms with Gasteiger partial charge in [0.15, 0.2) is 5.69 Å². The summed E-state index contributed by atoms with van der Waals surface area (Å²) in [6.45, 7) is 2.00. The Hall–Kier alpha value is -2.65. The van der Waals surface area contributed by atoms with Gasteiger partial charge in [0.1, 0.15) is 5.75 Å². The van der Waals surface area contributed by atoms with Crippen LogP contribution in [-0.4, -0.2) is 40.1 Å². The van der Waals surface area contributed by atoms with Gasteiger partial charge in [0.05, 0.1) is 7.11 Å². The number of methoxy groups -OCH3 is 1. The largest absolute Gasteiger partial charge is 0.497 e. The normalized spacial score (nSPS) is 14.7. The van der Waals surface area contributed by atoms with Crippen LogP contribution in [-0.2, 0) is 0 Å². The van der Waals surface area contributed by atoms with Gasteiger partial charge < -0.3 is 14.8 Å². The Morgan fingerprint density at radius 3 is 2.76 bits per heavy atom. The summed E-state index contributed by atoms with van der Waals surface area (Å²) in [5.41, 5.74) is 2.45. The Kier molecular flexibility index (Phi) is 5.68. The standard InChI is InChI=1S/C20H17BrN4O3S/c1-3-29-20-23-18-16(24-25-20)14-10-12(21)6-9-15(14)22-19(28-18)17(26)11-4-7-13(27-2)8-5-11/h4-10,19,22H,3H2,1-2H3. The van der Waals surface area contributed by atoms with Crippen LogP contribution in [0.3, 0.4) is 0 Å². The predicted molar refractivity (Wildman–Crippen MR) is 115 cm³/mol. The number of nitrogens with zero attached hydrogens (tertiary/aromatic N) is 3. The van der Waals surface area contributed by atoms with Crippen molar-refractivity contribution in [3.05, 3.63) is 52.5 Å². The summed E-state index contributed by atoms with van der Waals surface area (Å²) in [7, 11) is 1.58. The van der Waals surface area contributed by atoms with Gasteiger partial charge in [-0.1, -0.05) is 34.6 Å². The summed E-state index contributed by atoms with van der Waals surface area (Å²) < 4.78 is 12.0. The van der Waals surface area contributed by atoms with E-state index < -0.39 is 6.23 Å². The topological polar surface area (TPSA) is 86.2 Å². The number of fused-ring (bicyclic) bond motifs is 3. The lowest BCUT2D eigenvalue weighted by molar-refractivity contribution is 0.0823. The molecule has 0 amide bonds. The number of hydrogen-bond donors (Lipinski definition) is 1. The molecule has 1 aliphatic rings. The summed E-state index contributed by atoms with van der Waals surface area (Å²) in [6.07, 6.45) is -0.958. The van der Waals surface area contributed by atoms with Crippen LogP contribution in [0.5, 0.6) is 11.6 Å². The van der Waals surface area contributed by atoms with Crippen molar-refractivity contribution in [1.29, 1.82) is 0 Å². The van der Waals surface area contributed by atoms with Crippen LogP contribution in [0.15, 0.2) is 52.1 Å². The Balaban J connectivity index is 1.76. The highest BCUT2D eigenvalue weighted by molar-refractivity contribution is 9.10. The molecule has 148 valence electrons. The molecule has 1 aromatic heterocycles. The van der Waals surface area contributed by atoms with E-state index in [0.29, 0.717) is 27.9 Å². The van der Waals surface area contributed by atoms with Gasteiger partial charge in [0.2, 0.25) is 23.0 Å². The van der Waals surface area contributed by atoms with Crippen molar-refractivity contribution in [2.45, 2.75) is 18.3 Å². The number of thioether (sulfide) groups is 1. The van der Waals surface area contributed by atoms with E-state index in [1.807, 2.05) is 25.1 Å². The van der Waals surface area contributed by atoms with E-state index in [1.165, 1.54) is 11.8 Å². The van der Waals surface area contributed by atoms with Crippen LogP contribution >= 0.6 is 27.7 Å². The third-order valence-corrected chi connectivity index (χ3v) is 5.49. The fourth-order valence-electron chi connectivity index (χ4n) is 2.89. The van der Waals surface area contributed by atoms with Gasteiger partial charge in [-0.15, -0.1) is 10.2 Å². The summed E-state index contributed by atoms with van der Waals surface area (Å²) in [6, 6.07) is 12.5. The van der Waals surface area contributed by atoms with Crippen LogP contribution in [0.4, 0.5) is 5.69 Å². The molecule has 0 aliphatic carbocycles. The van der Waals surface area contributed by atoms with Crippen LogP contribution < -0.4 is 14.8 Å². The Morgan fingerprint density at radius 2 is 2.03 bits per heavy atom. The number of carbonyl (C=O) groups is 1. The van der Waals surface area contributed by atoms with Crippen molar-refractivity contribution in [2.24, 2.45) is 0 Å². The van der Waals surface area contributed by atoms with Gasteiger partial charge in [-0.25, -0.2) is 0 Å². The molecule has 29 heavy (non-hydrogen) atoms. The molecular weight excluding hydrogens is 456 g/mol. The zero-order valence-electron chi connectivity index (χ0n) is 15.7. The predicted octanol–water partition coefficient (Wildman–Crippen LogP) is 4.44. The van der Waals surface area contributed by atoms with Crippen LogP contribution in [0.2, 0.25) is 0 Å². The van der Waals surface area contributed by atoms with Crippen LogP contribution in [0.25, 0.3) is 11.3 Å². The molecule has 3 aromatic rings. The number of hydrogen-bond acceptors (Lipinski definition) is 8. The number of ketones is 1. The van der Waals surface area contributed by atoms with Crippen molar-refractivity contribution < 1.29 is 14.3 Å². The Morgan fingerprint density at radius 1 is 1.24 bits per heavy atom. The Labute approximate surface area is 180 Å². The number of Topliss-reactive ketones (excluding diaryl/α,β-unsaturated/α-hetero) is 1. The van der Waals surface area contributed by atoms with E-state index >= 15 is 0 Å². The fourth-order valence-corrected chi connectivity index (χ4v) is 3.75. The molecule has 4 rings (SSSR count). The average molecular weight is 473 g/mol. The highest BCUT2D eigenvalue weighted by atomic mass is 79.9. The molecule has 2 heterocycles.